The largest absolute Gasteiger partial charge is 0.364 e. The summed E-state index contributed by atoms with van der Waals surface area (Å²) < 4.78 is 25.4. The number of alkyl halides is 2. The predicted octanol–water partition coefficient (Wildman–Crippen LogP) is 2.87. The third kappa shape index (κ3) is 2.41. The second kappa shape index (κ2) is 5.73. The summed E-state index contributed by atoms with van der Waals surface area (Å²) in [6.45, 7) is 0. The van der Waals surface area contributed by atoms with Gasteiger partial charge in [0.05, 0.1) is 27.7 Å². The summed E-state index contributed by atoms with van der Waals surface area (Å²) in [4.78, 5) is 47.7. The highest BCUT2D eigenvalue weighted by Crippen LogP contribution is 2.24. The average molecular weight is 357 g/mol. The van der Waals surface area contributed by atoms with Gasteiger partial charge in [-0.2, -0.15) is 0 Å². The SMILES string of the molecule is O=C(ON1C(=O)c2ccccc2C1=O)c1ccc2nc(C(F)F)[nH]c2c1. The number of H-pyrrole nitrogens is 1. The number of fused-ring (bicyclic) bond motifs is 2. The Bertz CT molecular complexity index is 1040. The van der Waals surface area contributed by atoms with Crippen molar-refractivity contribution < 1.29 is 28.0 Å². The number of benzene rings is 2. The third-order valence-electron chi connectivity index (χ3n) is 3.87. The van der Waals surface area contributed by atoms with E-state index in [1.165, 1.54) is 30.3 Å². The van der Waals surface area contributed by atoms with Gasteiger partial charge in [-0.1, -0.05) is 17.2 Å². The van der Waals surface area contributed by atoms with E-state index in [-0.39, 0.29) is 27.7 Å². The van der Waals surface area contributed by atoms with Gasteiger partial charge in [0.1, 0.15) is 0 Å². The average Bonchev–Trinajstić information content (AvgIpc) is 3.17. The van der Waals surface area contributed by atoms with Crippen LogP contribution in [0, 0.1) is 0 Å². The van der Waals surface area contributed by atoms with Crippen LogP contribution in [0.5, 0.6) is 0 Å². The fourth-order valence-electron chi connectivity index (χ4n) is 2.65. The number of amides is 2. The fraction of sp³-hybridized carbons (Fsp3) is 0.0588. The third-order valence-corrected chi connectivity index (χ3v) is 3.87. The number of imidazole rings is 1. The maximum Gasteiger partial charge on any atom is 0.364 e. The molecule has 2 aromatic carbocycles. The van der Waals surface area contributed by atoms with E-state index in [0.717, 1.165) is 0 Å². The molecule has 2 heterocycles. The van der Waals surface area contributed by atoms with Crippen molar-refractivity contribution in [2.45, 2.75) is 6.43 Å². The minimum Gasteiger partial charge on any atom is -0.337 e. The number of rotatable bonds is 3. The number of nitrogens with zero attached hydrogens (tertiary/aromatic N) is 2. The molecule has 0 spiro atoms. The van der Waals surface area contributed by atoms with Crippen LogP contribution in [-0.2, 0) is 4.84 Å². The number of carbonyl (C=O) groups is 3. The molecule has 0 saturated heterocycles. The maximum absolute atomic E-state index is 12.7. The van der Waals surface area contributed by atoms with Crippen molar-refractivity contribution in [2.24, 2.45) is 0 Å². The van der Waals surface area contributed by atoms with E-state index in [0.29, 0.717) is 5.06 Å². The van der Waals surface area contributed by atoms with Crippen LogP contribution in [0.15, 0.2) is 42.5 Å². The highest BCUT2D eigenvalue weighted by molar-refractivity contribution is 6.21. The maximum atomic E-state index is 12.7. The van der Waals surface area contributed by atoms with E-state index < -0.39 is 30.0 Å². The molecule has 1 aromatic heterocycles. The van der Waals surface area contributed by atoms with Crippen molar-refractivity contribution >= 4 is 28.8 Å². The molecule has 0 unspecified atom stereocenters. The Morgan fingerprint density at radius 3 is 2.35 bits per heavy atom. The number of halogens is 2. The minimum absolute atomic E-state index is 0.0291. The molecule has 0 aliphatic carbocycles. The Hall–Kier alpha value is -3.62. The van der Waals surface area contributed by atoms with Crippen LogP contribution in [0.4, 0.5) is 8.78 Å². The van der Waals surface area contributed by atoms with E-state index in [2.05, 4.69) is 9.97 Å². The Morgan fingerprint density at radius 1 is 1.08 bits per heavy atom. The van der Waals surface area contributed by atoms with Crippen LogP contribution in [0.3, 0.4) is 0 Å². The van der Waals surface area contributed by atoms with Crippen LogP contribution in [-0.4, -0.2) is 32.8 Å². The lowest BCUT2D eigenvalue weighted by atomic mass is 10.1. The minimum atomic E-state index is -2.78. The molecule has 26 heavy (non-hydrogen) atoms. The second-order valence-corrected chi connectivity index (χ2v) is 5.48. The number of hydrogen-bond donors (Lipinski definition) is 1. The number of carbonyl (C=O) groups excluding carboxylic acids is 3. The number of imide groups is 1. The normalized spacial score (nSPS) is 13.6. The van der Waals surface area contributed by atoms with Gasteiger partial charge in [0.2, 0.25) is 0 Å². The van der Waals surface area contributed by atoms with Gasteiger partial charge in [0.25, 0.3) is 18.2 Å². The number of hydroxylamine groups is 2. The molecule has 0 fully saturated rings. The predicted molar refractivity (Wildman–Crippen MR) is 83.4 cm³/mol. The summed E-state index contributed by atoms with van der Waals surface area (Å²) in [5.41, 5.74) is 0.694. The molecule has 0 atom stereocenters. The van der Waals surface area contributed by atoms with Gasteiger partial charge >= 0.3 is 5.97 Å². The molecule has 0 bridgehead atoms. The molecular formula is C17H9F2N3O4. The molecule has 0 saturated carbocycles. The van der Waals surface area contributed by atoms with E-state index in [1.54, 1.807) is 12.1 Å². The molecule has 1 aliphatic heterocycles. The van der Waals surface area contributed by atoms with Gasteiger partial charge in [-0.3, -0.25) is 9.59 Å². The Morgan fingerprint density at radius 2 is 1.73 bits per heavy atom. The van der Waals surface area contributed by atoms with Gasteiger partial charge in [-0.05, 0) is 30.3 Å². The molecule has 0 radical (unpaired) electrons. The number of hydrogen-bond acceptors (Lipinski definition) is 5. The van der Waals surface area contributed by atoms with E-state index >= 15 is 0 Å². The van der Waals surface area contributed by atoms with Gasteiger partial charge in [0.15, 0.2) is 5.82 Å². The summed E-state index contributed by atoms with van der Waals surface area (Å²) >= 11 is 0. The van der Waals surface area contributed by atoms with Crippen LogP contribution >= 0.6 is 0 Å². The first-order valence-corrected chi connectivity index (χ1v) is 7.43. The van der Waals surface area contributed by atoms with E-state index in [1.807, 2.05) is 0 Å². The number of nitrogens with one attached hydrogen (secondary N) is 1. The first-order valence-electron chi connectivity index (χ1n) is 7.43. The van der Waals surface area contributed by atoms with Crippen LogP contribution in [0.2, 0.25) is 0 Å². The molecule has 4 rings (SSSR count). The van der Waals surface area contributed by atoms with Crippen molar-refractivity contribution in [1.82, 2.24) is 15.0 Å². The first-order chi connectivity index (χ1) is 12.5. The summed E-state index contributed by atoms with van der Waals surface area (Å²) in [5, 5.41) is 0.384. The lowest BCUT2D eigenvalue weighted by Gasteiger charge is -2.12. The zero-order valence-corrected chi connectivity index (χ0v) is 12.9. The quantitative estimate of drug-likeness (QED) is 0.728. The Kier molecular flexibility index (Phi) is 3.50. The Balaban J connectivity index is 1.60. The van der Waals surface area contributed by atoms with Crippen molar-refractivity contribution in [1.29, 1.82) is 0 Å². The Labute approximate surface area is 144 Å². The lowest BCUT2D eigenvalue weighted by Crippen LogP contribution is -2.32. The molecule has 3 aromatic rings. The molecule has 1 N–H and O–H groups in total. The van der Waals surface area contributed by atoms with Crippen LogP contribution in [0.1, 0.15) is 43.3 Å². The lowest BCUT2D eigenvalue weighted by molar-refractivity contribution is -0.0584. The van der Waals surface area contributed by atoms with Crippen LogP contribution in [0.25, 0.3) is 11.0 Å². The topological polar surface area (TPSA) is 92.4 Å². The summed E-state index contributed by atoms with van der Waals surface area (Å²) in [5.74, 6) is -3.00. The molecule has 9 heteroatoms. The van der Waals surface area contributed by atoms with Crippen molar-refractivity contribution in [3.05, 3.63) is 65.0 Å². The van der Waals surface area contributed by atoms with Crippen molar-refractivity contribution in [3.63, 3.8) is 0 Å². The molecule has 2 amide bonds. The van der Waals surface area contributed by atoms with Gasteiger partial charge in [-0.15, -0.1) is 0 Å². The smallest absolute Gasteiger partial charge is 0.337 e. The monoisotopic (exact) mass is 357 g/mol. The molecular weight excluding hydrogens is 348 g/mol. The number of aromatic nitrogens is 2. The highest BCUT2D eigenvalue weighted by Gasteiger charge is 2.38. The zero-order chi connectivity index (χ0) is 18.4. The highest BCUT2D eigenvalue weighted by atomic mass is 19.3. The van der Waals surface area contributed by atoms with Gasteiger partial charge in [-0.25, -0.2) is 18.6 Å². The summed E-state index contributed by atoms with van der Waals surface area (Å²) in [6.07, 6.45) is -2.78. The van der Waals surface area contributed by atoms with E-state index in [9.17, 15) is 23.2 Å². The van der Waals surface area contributed by atoms with Gasteiger partial charge < -0.3 is 9.82 Å². The van der Waals surface area contributed by atoms with Gasteiger partial charge in [0, 0.05) is 0 Å². The first kappa shape index (κ1) is 15.9. The second-order valence-electron chi connectivity index (χ2n) is 5.48. The summed E-state index contributed by atoms with van der Waals surface area (Å²) in [6, 6.07) is 9.99. The van der Waals surface area contributed by atoms with Crippen molar-refractivity contribution in [2.75, 3.05) is 0 Å². The number of aromatic amines is 1. The standard InChI is InChI=1S/C17H9F2N3O4/c18-13(19)14-20-11-6-5-8(7-12(11)21-14)17(25)26-22-15(23)9-3-1-2-4-10(9)16(22)24/h1-7,13H,(H,20,21). The molecule has 130 valence electrons. The zero-order valence-electron chi connectivity index (χ0n) is 12.9. The van der Waals surface area contributed by atoms with Crippen LogP contribution < -0.4 is 0 Å². The van der Waals surface area contributed by atoms with E-state index in [4.69, 9.17) is 4.84 Å². The molecule has 1 aliphatic rings. The fourth-order valence-corrected chi connectivity index (χ4v) is 2.65. The van der Waals surface area contributed by atoms with Crippen molar-refractivity contribution in [3.8, 4) is 0 Å². The molecule has 7 nitrogen and oxygen atoms in total. The summed E-state index contributed by atoms with van der Waals surface area (Å²) in [7, 11) is 0.